The average Bonchev–Trinajstić information content (AvgIpc) is 3.58. The molecule has 2 fully saturated rings. The van der Waals surface area contributed by atoms with E-state index in [9.17, 15) is 0 Å². The molecule has 1 aliphatic carbocycles. The fraction of sp³-hybridized carbons (Fsp3) is 0.435. The van der Waals surface area contributed by atoms with E-state index in [0.717, 1.165) is 47.3 Å². The smallest absolute Gasteiger partial charge is 0.230 e. The molecule has 4 aromatic rings. The Morgan fingerprint density at radius 1 is 1.03 bits per heavy atom. The largest absolute Gasteiger partial charge is 0.380 e. The van der Waals surface area contributed by atoms with E-state index in [1.807, 2.05) is 30.7 Å². The number of rotatable bonds is 5. The molecule has 5 heterocycles. The van der Waals surface area contributed by atoms with Gasteiger partial charge in [0.25, 0.3) is 0 Å². The lowest BCUT2D eigenvalue weighted by atomic mass is 10.2. The highest BCUT2D eigenvalue weighted by molar-refractivity contribution is 6.06. The number of hydrogen-bond donors (Lipinski definition) is 1. The van der Waals surface area contributed by atoms with Crippen LogP contribution in [0.3, 0.4) is 0 Å². The summed E-state index contributed by atoms with van der Waals surface area (Å²) in [5.41, 5.74) is 2.08. The zero-order valence-corrected chi connectivity index (χ0v) is 18.1. The lowest BCUT2D eigenvalue weighted by Crippen LogP contribution is -2.23. The maximum Gasteiger partial charge on any atom is 0.230 e. The van der Waals surface area contributed by atoms with Crippen LogP contribution in [0.5, 0.6) is 0 Å². The second kappa shape index (κ2) is 7.98. The molecule has 1 saturated heterocycles. The Labute approximate surface area is 185 Å². The van der Waals surface area contributed by atoms with Crippen LogP contribution in [-0.4, -0.2) is 56.0 Å². The third-order valence-corrected chi connectivity index (χ3v) is 6.73. The first-order valence-corrected chi connectivity index (χ1v) is 11.3. The summed E-state index contributed by atoms with van der Waals surface area (Å²) in [5, 5.41) is 14.2. The van der Waals surface area contributed by atoms with Crippen LogP contribution in [-0.2, 0) is 4.74 Å². The van der Waals surface area contributed by atoms with Crippen LogP contribution < -0.4 is 10.2 Å². The van der Waals surface area contributed by atoms with Crippen molar-refractivity contribution in [3.63, 3.8) is 0 Å². The van der Waals surface area contributed by atoms with Crippen molar-refractivity contribution >= 4 is 39.5 Å². The predicted octanol–water partition coefficient (Wildman–Crippen LogP) is 3.85. The Bertz CT molecular complexity index is 1250. The molecule has 0 amide bonds. The predicted molar refractivity (Wildman–Crippen MR) is 123 cm³/mol. The number of aromatic nitrogens is 6. The number of methoxy groups -OCH3 is 1. The Balaban J connectivity index is 1.30. The molecule has 1 N–H and O–H groups in total. The highest BCUT2D eigenvalue weighted by Gasteiger charge is 2.24. The van der Waals surface area contributed by atoms with Gasteiger partial charge < -0.3 is 19.5 Å². The van der Waals surface area contributed by atoms with Crippen LogP contribution in [0.2, 0.25) is 0 Å². The van der Waals surface area contributed by atoms with E-state index in [2.05, 4.69) is 41.0 Å². The standard InChI is InChI=1S/C23H26N8O/c1-32-16-9-11-30(14-16)21-7-6-20(28-29-21)26-23-25-12-18-17-8-10-24-13-19(17)31(22(18)27-23)15-4-2-3-5-15/h6-8,10,12-13,15-16H,2-5,9,11,14H2,1H3,(H,25,26,27,28). The maximum absolute atomic E-state index is 5.44. The van der Waals surface area contributed by atoms with E-state index in [-0.39, 0.29) is 6.10 Å². The Hall–Kier alpha value is -3.33. The molecule has 4 aromatic heterocycles. The van der Waals surface area contributed by atoms with Crippen LogP contribution in [0, 0.1) is 0 Å². The van der Waals surface area contributed by atoms with Crippen molar-refractivity contribution in [2.45, 2.75) is 44.2 Å². The second-order valence-electron chi connectivity index (χ2n) is 8.63. The molecule has 32 heavy (non-hydrogen) atoms. The number of anilines is 3. The molecule has 1 atom stereocenters. The highest BCUT2D eigenvalue weighted by Crippen LogP contribution is 2.37. The summed E-state index contributed by atoms with van der Waals surface area (Å²) < 4.78 is 7.80. The maximum atomic E-state index is 5.44. The molecular formula is C23H26N8O. The summed E-state index contributed by atoms with van der Waals surface area (Å²) >= 11 is 0. The van der Waals surface area contributed by atoms with Crippen molar-refractivity contribution in [3.8, 4) is 0 Å². The first-order chi connectivity index (χ1) is 15.8. The van der Waals surface area contributed by atoms with Crippen molar-refractivity contribution in [2.24, 2.45) is 0 Å². The Morgan fingerprint density at radius 3 is 2.72 bits per heavy atom. The summed E-state index contributed by atoms with van der Waals surface area (Å²) in [6, 6.07) is 6.41. The fourth-order valence-electron chi connectivity index (χ4n) is 5.06. The quantitative estimate of drug-likeness (QED) is 0.510. The molecule has 1 aliphatic heterocycles. The second-order valence-corrected chi connectivity index (χ2v) is 8.63. The van der Waals surface area contributed by atoms with Crippen LogP contribution >= 0.6 is 0 Å². The van der Waals surface area contributed by atoms with Gasteiger partial charge in [0.1, 0.15) is 5.65 Å². The van der Waals surface area contributed by atoms with E-state index >= 15 is 0 Å². The van der Waals surface area contributed by atoms with E-state index < -0.39 is 0 Å². The number of pyridine rings is 1. The zero-order valence-electron chi connectivity index (χ0n) is 18.1. The van der Waals surface area contributed by atoms with Crippen molar-refractivity contribution in [1.82, 2.24) is 29.7 Å². The van der Waals surface area contributed by atoms with Crippen LogP contribution in [0.1, 0.15) is 38.1 Å². The third-order valence-electron chi connectivity index (χ3n) is 6.73. The summed E-state index contributed by atoms with van der Waals surface area (Å²) in [4.78, 5) is 16.0. The molecule has 0 spiro atoms. The van der Waals surface area contributed by atoms with Gasteiger partial charge in [-0.3, -0.25) is 4.98 Å². The van der Waals surface area contributed by atoms with Crippen molar-refractivity contribution in [2.75, 3.05) is 30.4 Å². The SMILES string of the molecule is COC1CCN(c2ccc(Nc3ncc4c5ccncc5n(C5CCCC5)c4n3)nn2)C1. The number of nitrogens with one attached hydrogen (secondary N) is 1. The monoisotopic (exact) mass is 430 g/mol. The highest BCUT2D eigenvalue weighted by atomic mass is 16.5. The van der Waals surface area contributed by atoms with E-state index in [1.165, 1.54) is 25.7 Å². The Kier molecular flexibility index (Phi) is 4.83. The van der Waals surface area contributed by atoms with E-state index in [0.29, 0.717) is 17.8 Å². The summed E-state index contributed by atoms with van der Waals surface area (Å²) in [7, 11) is 1.76. The van der Waals surface area contributed by atoms with Gasteiger partial charge in [-0.25, -0.2) is 4.98 Å². The van der Waals surface area contributed by atoms with Gasteiger partial charge in [0, 0.05) is 49.4 Å². The first kappa shape index (κ1) is 19.4. The summed E-state index contributed by atoms with van der Waals surface area (Å²) in [6.45, 7) is 1.78. The van der Waals surface area contributed by atoms with Gasteiger partial charge in [0.2, 0.25) is 5.95 Å². The van der Waals surface area contributed by atoms with Crippen molar-refractivity contribution in [1.29, 1.82) is 0 Å². The molecule has 2 aliphatic rings. The summed E-state index contributed by atoms with van der Waals surface area (Å²) in [6.07, 6.45) is 11.8. The fourth-order valence-corrected chi connectivity index (χ4v) is 5.06. The minimum absolute atomic E-state index is 0.261. The van der Waals surface area contributed by atoms with Gasteiger partial charge in [-0.2, -0.15) is 4.98 Å². The van der Waals surface area contributed by atoms with Gasteiger partial charge in [-0.05, 0) is 37.5 Å². The van der Waals surface area contributed by atoms with E-state index in [1.54, 1.807) is 7.11 Å². The molecule has 6 rings (SSSR count). The first-order valence-electron chi connectivity index (χ1n) is 11.3. The molecule has 164 valence electrons. The van der Waals surface area contributed by atoms with Gasteiger partial charge >= 0.3 is 0 Å². The number of ether oxygens (including phenoxy) is 1. The minimum Gasteiger partial charge on any atom is -0.380 e. The number of hydrogen-bond acceptors (Lipinski definition) is 8. The number of nitrogens with zero attached hydrogens (tertiary/aromatic N) is 7. The number of fused-ring (bicyclic) bond motifs is 3. The van der Waals surface area contributed by atoms with Crippen LogP contribution in [0.15, 0.2) is 36.8 Å². The van der Waals surface area contributed by atoms with Crippen LogP contribution in [0.4, 0.5) is 17.6 Å². The Morgan fingerprint density at radius 2 is 1.94 bits per heavy atom. The van der Waals surface area contributed by atoms with Crippen LogP contribution in [0.25, 0.3) is 21.9 Å². The summed E-state index contributed by atoms with van der Waals surface area (Å²) in [5.74, 6) is 2.01. The lowest BCUT2D eigenvalue weighted by Gasteiger charge is -2.16. The molecule has 9 nitrogen and oxygen atoms in total. The average molecular weight is 431 g/mol. The van der Waals surface area contributed by atoms with Crippen molar-refractivity contribution in [3.05, 3.63) is 36.8 Å². The molecule has 0 radical (unpaired) electrons. The molecular weight excluding hydrogens is 404 g/mol. The molecule has 1 saturated carbocycles. The van der Waals surface area contributed by atoms with E-state index in [4.69, 9.17) is 9.72 Å². The van der Waals surface area contributed by atoms with Gasteiger partial charge in [-0.1, -0.05) is 12.8 Å². The van der Waals surface area contributed by atoms with Gasteiger partial charge in [0.15, 0.2) is 11.6 Å². The third kappa shape index (κ3) is 3.33. The zero-order chi connectivity index (χ0) is 21.5. The molecule has 0 aromatic carbocycles. The van der Waals surface area contributed by atoms with Crippen molar-refractivity contribution < 1.29 is 4.74 Å². The molecule has 1 unspecified atom stereocenters. The molecule has 9 heteroatoms. The minimum atomic E-state index is 0.261. The van der Waals surface area contributed by atoms with Gasteiger partial charge in [-0.15, -0.1) is 10.2 Å². The molecule has 0 bridgehead atoms. The normalized spacial score (nSPS) is 19.4. The lowest BCUT2D eigenvalue weighted by molar-refractivity contribution is 0.121. The van der Waals surface area contributed by atoms with Gasteiger partial charge in [0.05, 0.1) is 17.8 Å². The topological polar surface area (TPSA) is 93.9 Å².